The molecule has 11 nitrogen and oxygen atoms in total. The lowest BCUT2D eigenvalue weighted by molar-refractivity contribution is -0.138. The van der Waals surface area contributed by atoms with Gasteiger partial charge in [0.15, 0.2) is 17.0 Å². The number of fused-ring (bicyclic) bond motifs is 2. The van der Waals surface area contributed by atoms with E-state index in [0.29, 0.717) is 47.8 Å². The Balaban J connectivity index is 1.67. The van der Waals surface area contributed by atoms with Gasteiger partial charge in [0.05, 0.1) is 25.9 Å². The molecular formula is C30H30ClN3O8S. The fourth-order valence-corrected chi connectivity index (χ4v) is 8.08. The molecule has 1 fully saturated rings. The number of nitrogens with zero attached hydrogens (tertiary/aromatic N) is 3. The molecule has 2 amide bonds. The van der Waals surface area contributed by atoms with Crippen molar-refractivity contribution in [3.05, 3.63) is 70.7 Å². The molecule has 13 heteroatoms. The number of ether oxygens (including phenoxy) is 4. The van der Waals surface area contributed by atoms with Crippen LogP contribution >= 0.6 is 11.6 Å². The summed E-state index contributed by atoms with van der Waals surface area (Å²) in [6.07, 6.45) is 1.06. The Morgan fingerprint density at radius 2 is 1.84 bits per heavy atom. The minimum Gasteiger partial charge on any atom is -0.497 e. The molecule has 226 valence electrons. The van der Waals surface area contributed by atoms with E-state index in [1.54, 1.807) is 43.3 Å². The van der Waals surface area contributed by atoms with Crippen molar-refractivity contribution in [2.45, 2.75) is 29.3 Å². The maximum absolute atomic E-state index is 15.2. The molecule has 3 aromatic rings. The van der Waals surface area contributed by atoms with Gasteiger partial charge in [-0.2, -0.15) is 0 Å². The molecule has 3 aliphatic rings. The molecule has 0 bridgehead atoms. The fraction of sp³-hybridized carbons (Fsp3) is 0.333. The summed E-state index contributed by atoms with van der Waals surface area (Å²) in [5.74, 6) is 0.0664. The number of amides is 2. The van der Waals surface area contributed by atoms with Crippen LogP contribution in [0.4, 0.5) is 5.69 Å². The molecule has 2 atom stereocenters. The van der Waals surface area contributed by atoms with Crippen LogP contribution in [0.25, 0.3) is 0 Å². The van der Waals surface area contributed by atoms with Gasteiger partial charge in [0.1, 0.15) is 16.4 Å². The van der Waals surface area contributed by atoms with Gasteiger partial charge in [0.2, 0.25) is 12.7 Å². The van der Waals surface area contributed by atoms with Crippen LogP contribution in [0.2, 0.25) is 5.02 Å². The number of anilines is 1. The third-order valence-electron chi connectivity index (χ3n) is 8.15. The van der Waals surface area contributed by atoms with Crippen molar-refractivity contribution in [3.8, 4) is 23.0 Å². The van der Waals surface area contributed by atoms with Gasteiger partial charge in [-0.3, -0.25) is 14.5 Å². The highest BCUT2D eigenvalue weighted by Crippen LogP contribution is 2.57. The molecule has 3 aliphatic heterocycles. The van der Waals surface area contributed by atoms with Gasteiger partial charge in [-0.05, 0) is 49.2 Å². The number of hydrogen-bond donors (Lipinski definition) is 0. The van der Waals surface area contributed by atoms with Crippen molar-refractivity contribution in [2.75, 3.05) is 46.0 Å². The number of likely N-dealkylation sites (tertiary alicyclic amines) is 1. The molecule has 43 heavy (non-hydrogen) atoms. The second-order valence-corrected chi connectivity index (χ2v) is 12.8. The molecule has 0 radical (unpaired) electrons. The first-order valence-corrected chi connectivity index (χ1v) is 15.4. The molecular weight excluding hydrogens is 598 g/mol. The minimum atomic E-state index is -4.59. The van der Waals surface area contributed by atoms with Crippen molar-refractivity contribution in [1.82, 2.24) is 9.80 Å². The van der Waals surface area contributed by atoms with E-state index in [4.69, 9.17) is 30.5 Å². The number of benzene rings is 3. The first-order valence-electron chi connectivity index (χ1n) is 13.6. The van der Waals surface area contributed by atoms with E-state index in [-0.39, 0.29) is 34.1 Å². The predicted molar refractivity (Wildman–Crippen MR) is 157 cm³/mol. The highest BCUT2D eigenvalue weighted by molar-refractivity contribution is 7.93. The Morgan fingerprint density at radius 1 is 1.05 bits per heavy atom. The summed E-state index contributed by atoms with van der Waals surface area (Å²) in [4.78, 5) is 31.8. The smallest absolute Gasteiger partial charge is 0.274 e. The molecule has 1 saturated heterocycles. The van der Waals surface area contributed by atoms with E-state index in [1.807, 2.05) is 0 Å². The second kappa shape index (κ2) is 10.6. The van der Waals surface area contributed by atoms with E-state index in [0.717, 1.165) is 4.31 Å². The zero-order chi connectivity index (χ0) is 30.7. The van der Waals surface area contributed by atoms with E-state index in [9.17, 15) is 13.2 Å². The van der Waals surface area contributed by atoms with E-state index in [2.05, 4.69) is 0 Å². The van der Waals surface area contributed by atoms with Crippen LogP contribution in [-0.2, 0) is 25.2 Å². The van der Waals surface area contributed by atoms with Gasteiger partial charge >= 0.3 is 0 Å². The lowest BCUT2D eigenvalue weighted by Crippen LogP contribution is -2.59. The van der Waals surface area contributed by atoms with Crippen molar-refractivity contribution in [1.29, 1.82) is 0 Å². The number of para-hydroxylation sites is 1. The lowest BCUT2D eigenvalue weighted by Gasteiger charge is -2.41. The van der Waals surface area contributed by atoms with Crippen LogP contribution in [0.5, 0.6) is 23.0 Å². The molecule has 0 saturated carbocycles. The van der Waals surface area contributed by atoms with Crippen molar-refractivity contribution >= 4 is 39.1 Å². The largest absolute Gasteiger partial charge is 0.497 e. The van der Waals surface area contributed by atoms with Gasteiger partial charge in [0, 0.05) is 42.9 Å². The molecule has 6 rings (SSSR count). The van der Waals surface area contributed by atoms with Crippen LogP contribution in [0, 0.1) is 0 Å². The Kier molecular flexibility index (Phi) is 7.18. The lowest BCUT2D eigenvalue weighted by atomic mass is 9.80. The topological polar surface area (TPSA) is 115 Å². The summed E-state index contributed by atoms with van der Waals surface area (Å²) in [5, 5.41) is 0.289. The Morgan fingerprint density at radius 3 is 2.56 bits per heavy atom. The zero-order valence-electron chi connectivity index (χ0n) is 24.0. The molecule has 0 spiro atoms. The summed E-state index contributed by atoms with van der Waals surface area (Å²) in [6.45, 7) is 0.246. The molecule has 3 aromatic carbocycles. The number of likely N-dealkylation sites (N-methyl/N-ethyl adjacent to an activating group) is 1. The van der Waals surface area contributed by atoms with Gasteiger partial charge in [-0.1, -0.05) is 23.7 Å². The standard InChI is InChI=1S/C30H30ClN3O8S/c1-32(2)28(35)23-8-6-14-33(23)30(20-7-5-9-24-27(20)42-17-41-24)21-15-18(31)10-12-22(21)34(29(30)36)43(37,38)26-13-11-19(39-3)16-25(26)40-4/h5,7,9-13,15-16,23H,6,8,14,17H2,1-4H3/t23-,30?/m0/s1. The van der Waals surface area contributed by atoms with Crippen LogP contribution in [0.15, 0.2) is 59.5 Å². The zero-order valence-corrected chi connectivity index (χ0v) is 25.6. The number of hydrogen-bond acceptors (Lipinski definition) is 9. The van der Waals surface area contributed by atoms with Crippen LogP contribution in [-0.4, -0.2) is 77.7 Å². The average molecular weight is 628 g/mol. The first-order chi connectivity index (χ1) is 20.6. The molecule has 0 aromatic heterocycles. The summed E-state index contributed by atoms with van der Waals surface area (Å²) in [7, 11) is 1.49. The normalized spacial score (nSPS) is 21.2. The molecule has 0 N–H and O–H groups in total. The summed E-state index contributed by atoms with van der Waals surface area (Å²) in [6, 6.07) is 13.3. The Hall–Kier alpha value is -4.00. The third-order valence-corrected chi connectivity index (χ3v) is 10.1. The van der Waals surface area contributed by atoms with Crippen molar-refractivity contribution in [2.24, 2.45) is 0 Å². The monoisotopic (exact) mass is 627 g/mol. The van der Waals surface area contributed by atoms with Crippen LogP contribution in [0.3, 0.4) is 0 Å². The third kappa shape index (κ3) is 4.22. The number of halogens is 1. The van der Waals surface area contributed by atoms with Gasteiger partial charge in [-0.25, -0.2) is 12.7 Å². The summed E-state index contributed by atoms with van der Waals surface area (Å²) in [5.41, 5.74) is -1.04. The minimum absolute atomic E-state index is 0.000616. The highest BCUT2D eigenvalue weighted by atomic mass is 35.5. The quantitative estimate of drug-likeness (QED) is 0.387. The second-order valence-electron chi connectivity index (χ2n) is 10.6. The Labute approximate surface area is 254 Å². The Bertz CT molecular complexity index is 1750. The van der Waals surface area contributed by atoms with Crippen LogP contribution < -0.4 is 23.3 Å². The van der Waals surface area contributed by atoms with E-state index >= 15 is 4.79 Å². The van der Waals surface area contributed by atoms with Crippen LogP contribution in [0.1, 0.15) is 24.0 Å². The van der Waals surface area contributed by atoms with Gasteiger partial charge in [-0.15, -0.1) is 0 Å². The number of carbonyl (C=O) groups excluding carboxylic acids is 2. The maximum Gasteiger partial charge on any atom is 0.274 e. The molecule has 1 unspecified atom stereocenters. The van der Waals surface area contributed by atoms with E-state index in [1.165, 1.54) is 49.5 Å². The fourth-order valence-electron chi connectivity index (χ4n) is 6.30. The highest BCUT2D eigenvalue weighted by Gasteiger charge is 2.63. The van der Waals surface area contributed by atoms with E-state index < -0.39 is 27.5 Å². The molecule has 0 aliphatic carbocycles. The summed E-state index contributed by atoms with van der Waals surface area (Å²) >= 11 is 6.56. The molecule has 3 heterocycles. The van der Waals surface area contributed by atoms with Crippen molar-refractivity contribution in [3.63, 3.8) is 0 Å². The summed E-state index contributed by atoms with van der Waals surface area (Å²) < 4.78 is 52.2. The number of rotatable bonds is 7. The van der Waals surface area contributed by atoms with Gasteiger partial charge in [0.25, 0.3) is 15.9 Å². The SMILES string of the molecule is COc1ccc(S(=O)(=O)N2C(=O)C(c3cccc4c3OCO4)(N3CCC[C@H]3C(=O)N(C)C)c3cc(Cl)ccc32)c(OC)c1. The van der Waals surface area contributed by atoms with Gasteiger partial charge < -0.3 is 23.8 Å². The van der Waals surface area contributed by atoms with Crippen molar-refractivity contribution < 1.29 is 37.0 Å². The number of sulfonamides is 1. The number of carbonyl (C=O) groups is 2. The average Bonchev–Trinajstić information content (AvgIpc) is 3.73. The number of methoxy groups -OCH3 is 2. The predicted octanol–water partition coefficient (Wildman–Crippen LogP) is 3.62. The maximum atomic E-state index is 15.2. The first kappa shape index (κ1) is 29.1.